The van der Waals surface area contributed by atoms with Gasteiger partial charge in [-0.15, -0.1) is 0 Å². The molecule has 0 aromatic heterocycles. The highest BCUT2D eigenvalue weighted by molar-refractivity contribution is 5.80. The fourth-order valence-electron chi connectivity index (χ4n) is 4.34. The molecule has 0 saturated heterocycles. The highest BCUT2D eigenvalue weighted by Crippen LogP contribution is 2.20. The van der Waals surface area contributed by atoms with Crippen molar-refractivity contribution in [2.75, 3.05) is 33.3 Å². The number of nitrogens with one attached hydrogen (secondary N) is 2. The molecule has 0 atom stereocenters. The number of hydrogen-bond acceptors (Lipinski definition) is 3. The Balaban J connectivity index is 1.26. The lowest BCUT2D eigenvalue weighted by molar-refractivity contribution is -0.132. The number of fused-ring (bicyclic) bond motifs is 1. The Morgan fingerprint density at radius 2 is 1.83 bits per heavy atom. The maximum absolute atomic E-state index is 12.5. The van der Waals surface area contributed by atoms with Gasteiger partial charge in [-0.25, -0.2) is 0 Å². The van der Waals surface area contributed by atoms with Crippen molar-refractivity contribution in [2.24, 2.45) is 4.99 Å². The Morgan fingerprint density at radius 3 is 2.60 bits per heavy atom. The maximum atomic E-state index is 12.5. The molecule has 0 spiro atoms. The number of carbonyl (C=O) groups excluding carboxylic acids is 1. The fourth-order valence-corrected chi connectivity index (χ4v) is 4.34. The molecule has 3 rings (SSSR count). The summed E-state index contributed by atoms with van der Waals surface area (Å²) in [6.45, 7) is 3.77. The van der Waals surface area contributed by atoms with Crippen molar-refractivity contribution in [1.29, 1.82) is 0 Å². The smallest absolute Gasteiger partial charge is 0.222 e. The topological polar surface area (TPSA) is 66.0 Å². The first-order valence-electron chi connectivity index (χ1n) is 11.7. The minimum atomic E-state index is 0.242. The average molecular weight is 415 g/mol. The van der Waals surface area contributed by atoms with Crippen LogP contribution in [0.25, 0.3) is 0 Å². The molecule has 166 valence electrons. The number of benzene rings is 1. The third-order valence-corrected chi connectivity index (χ3v) is 6.12. The number of rotatable bonds is 8. The standard InChI is InChI=1S/C24H38N4O2/c1-25-24(27-16-18-30-22-11-4-2-3-5-12-22)26-15-8-13-23(29)28-17-14-20-9-6-7-10-21(20)19-28/h6-7,9-10,22H,2-5,8,11-19H2,1H3,(H2,25,26,27). The second-order valence-corrected chi connectivity index (χ2v) is 8.35. The van der Waals surface area contributed by atoms with E-state index in [1.54, 1.807) is 7.05 Å². The van der Waals surface area contributed by atoms with Crippen LogP contribution >= 0.6 is 0 Å². The zero-order valence-electron chi connectivity index (χ0n) is 18.5. The second kappa shape index (κ2) is 12.6. The molecule has 6 heteroatoms. The summed E-state index contributed by atoms with van der Waals surface area (Å²) in [5.41, 5.74) is 2.66. The van der Waals surface area contributed by atoms with Crippen LogP contribution < -0.4 is 10.6 Å². The normalized spacial score (nSPS) is 17.9. The number of carbonyl (C=O) groups is 1. The van der Waals surface area contributed by atoms with Crippen LogP contribution in [-0.2, 0) is 22.5 Å². The molecular formula is C24H38N4O2. The van der Waals surface area contributed by atoms with Gasteiger partial charge in [-0.2, -0.15) is 0 Å². The van der Waals surface area contributed by atoms with Gasteiger partial charge in [0, 0.05) is 39.6 Å². The highest BCUT2D eigenvalue weighted by atomic mass is 16.5. The van der Waals surface area contributed by atoms with Gasteiger partial charge in [0.2, 0.25) is 5.91 Å². The van der Waals surface area contributed by atoms with Gasteiger partial charge in [0.05, 0.1) is 12.7 Å². The van der Waals surface area contributed by atoms with Crippen molar-refractivity contribution < 1.29 is 9.53 Å². The lowest BCUT2D eigenvalue weighted by Crippen LogP contribution is -2.40. The third kappa shape index (κ3) is 7.31. The Hall–Kier alpha value is -2.08. The van der Waals surface area contributed by atoms with Crippen LogP contribution in [0.4, 0.5) is 0 Å². The molecule has 1 aliphatic carbocycles. The molecule has 1 aliphatic heterocycles. The molecule has 1 saturated carbocycles. The third-order valence-electron chi connectivity index (χ3n) is 6.12. The summed E-state index contributed by atoms with van der Waals surface area (Å²) in [5, 5.41) is 6.61. The van der Waals surface area contributed by atoms with Crippen molar-refractivity contribution in [3.05, 3.63) is 35.4 Å². The number of guanidine groups is 1. The number of ether oxygens (including phenoxy) is 1. The van der Waals surface area contributed by atoms with Crippen molar-refractivity contribution in [3.63, 3.8) is 0 Å². The van der Waals surface area contributed by atoms with Crippen LogP contribution in [-0.4, -0.2) is 56.2 Å². The highest BCUT2D eigenvalue weighted by Gasteiger charge is 2.19. The molecule has 1 fully saturated rings. The fraction of sp³-hybridized carbons (Fsp3) is 0.667. The maximum Gasteiger partial charge on any atom is 0.222 e. The first-order valence-corrected chi connectivity index (χ1v) is 11.7. The number of nitrogens with zero attached hydrogens (tertiary/aromatic N) is 2. The molecule has 2 aliphatic rings. The molecule has 0 unspecified atom stereocenters. The van der Waals surface area contributed by atoms with Crippen molar-refractivity contribution in [3.8, 4) is 0 Å². The molecule has 1 amide bonds. The molecule has 1 aromatic rings. The van der Waals surface area contributed by atoms with Gasteiger partial charge in [0.15, 0.2) is 5.96 Å². The lowest BCUT2D eigenvalue weighted by Gasteiger charge is -2.29. The van der Waals surface area contributed by atoms with Gasteiger partial charge in [0.25, 0.3) is 0 Å². The van der Waals surface area contributed by atoms with Gasteiger partial charge < -0.3 is 20.3 Å². The Labute approximate surface area is 181 Å². The van der Waals surface area contributed by atoms with E-state index in [9.17, 15) is 4.79 Å². The van der Waals surface area contributed by atoms with Crippen molar-refractivity contribution in [1.82, 2.24) is 15.5 Å². The van der Waals surface area contributed by atoms with Gasteiger partial charge in [-0.3, -0.25) is 9.79 Å². The van der Waals surface area contributed by atoms with Crippen LogP contribution in [0.15, 0.2) is 29.3 Å². The van der Waals surface area contributed by atoms with E-state index >= 15 is 0 Å². The quantitative estimate of drug-likeness (QED) is 0.297. The first kappa shape index (κ1) is 22.6. The van der Waals surface area contributed by atoms with E-state index in [4.69, 9.17) is 4.74 Å². The Bertz CT molecular complexity index is 684. The Kier molecular flexibility index (Phi) is 9.48. The summed E-state index contributed by atoms with van der Waals surface area (Å²) < 4.78 is 6.01. The summed E-state index contributed by atoms with van der Waals surface area (Å²) >= 11 is 0. The van der Waals surface area contributed by atoms with E-state index in [1.807, 2.05) is 4.90 Å². The van der Waals surface area contributed by atoms with Gasteiger partial charge in [0.1, 0.15) is 0 Å². The summed E-state index contributed by atoms with van der Waals surface area (Å²) in [6, 6.07) is 8.43. The second-order valence-electron chi connectivity index (χ2n) is 8.35. The molecule has 1 heterocycles. The van der Waals surface area contributed by atoms with Gasteiger partial charge in [-0.1, -0.05) is 49.9 Å². The van der Waals surface area contributed by atoms with E-state index in [1.165, 1.54) is 49.7 Å². The SMILES string of the molecule is CN=C(NCCCC(=O)N1CCc2ccccc2C1)NCCOC1CCCCCC1. The molecule has 1 aromatic carbocycles. The van der Waals surface area contributed by atoms with Crippen molar-refractivity contribution >= 4 is 11.9 Å². The van der Waals surface area contributed by atoms with Gasteiger partial charge >= 0.3 is 0 Å². The monoisotopic (exact) mass is 414 g/mol. The van der Waals surface area contributed by atoms with Gasteiger partial charge in [-0.05, 0) is 36.8 Å². The zero-order chi connectivity index (χ0) is 21.0. The minimum absolute atomic E-state index is 0.242. The zero-order valence-corrected chi connectivity index (χ0v) is 18.5. The van der Waals surface area contributed by atoms with Crippen LogP contribution in [0.3, 0.4) is 0 Å². The van der Waals surface area contributed by atoms with Crippen LogP contribution in [0, 0.1) is 0 Å². The summed E-state index contributed by atoms with van der Waals surface area (Å²) in [4.78, 5) is 18.8. The minimum Gasteiger partial charge on any atom is -0.376 e. The predicted molar refractivity (Wildman–Crippen MR) is 122 cm³/mol. The molecule has 6 nitrogen and oxygen atoms in total. The summed E-state index contributed by atoms with van der Waals surface area (Å²) in [7, 11) is 1.78. The van der Waals surface area contributed by atoms with E-state index in [2.05, 4.69) is 39.9 Å². The van der Waals surface area contributed by atoms with E-state index in [0.717, 1.165) is 45.0 Å². The predicted octanol–water partition coefficient (Wildman–Crippen LogP) is 3.26. The molecule has 0 bridgehead atoms. The van der Waals surface area contributed by atoms with Crippen LogP contribution in [0.1, 0.15) is 62.5 Å². The number of aliphatic imine (C=N–C) groups is 1. The summed E-state index contributed by atoms with van der Waals surface area (Å²) in [5.74, 6) is 1.02. The molecular weight excluding hydrogens is 376 g/mol. The largest absolute Gasteiger partial charge is 0.376 e. The Morgan fingerprint density at radius 1 is 1.10 bits per heavy atom. The molecule has 2 N–H and O–H groups in total. The molecule has 0 radical (unpaired) electrons. The van der Waals surface area contributed by atoms with Crippen LogP contribution in [0.5, 0.6) is 0 Å². The lowest BCUT2D eigenvalue weighted by atomic mass is 9.99. The van der Waals surface area contributed by atoms with Crippen LogP contribution in [0.2, 0.25) is 0 Å². The van der Waals surface area contributed by atoms with E-state index in [-0.39, 0.29) is 5.91 Å². The molecule has 30 heavy (non-hydrogen) atoms. The first-order chi connectivity index (χ1) is 14.8. The van der Waals surface area contributed by atoms with Crippen molar-refractivity contribution in [2.45, 2.75) is 70.4 Å². The number of hydrogen-bond donors (Lipinski definition) is 2. The van der Waals surface area contributed by atoms with E-state index in [0.29, 0.717) is 19.1 Å². The van der Waals surface area contributed by atoms with E-state index < -0.39 is 0 Å². The number of amides is 1. The average Bonchev–Trinajstić information content (AvgIpc) is 3.06. The summed E-state index contributed by atoms with van der Waals surface area (Å²) in [6.07, 6.45) is 10.4.